The zero-order chi connectivity index (χ0) is 18.6. The van der Waals surface area contributed by atoms with Crippen molar-refractivity contribution in [2.75, 3.05) is 17.7 Å². The molecule has 0 unspecified atom stereocenters. The second-order valence-electron chi connectivity index (χ2n) is 6.99. The van der Waals surface area contributed by atoms with Crippen LogP contribution in [0, 0.1) is 5.92 Å². The summed E-state index contributed by atoms with van der Waals surface area (Å²) >= 11 is 0. The summed E-state index contributed by atoms with van der Waals surface area (Å²) in [6, 6.07) is 5.17. The maximum absolute atomic E-state index is 12.9. The highest BCUT2D eigenvalue weighted by Crippen LogP contribution is 2.28. The number of hydrogen-bond acceptors (Lipinski definition) is 3. The van der Waals surface area contributed by atoms with Gasteiger partial charge in [0.15, 0.2) is 0 Å². The van der Waals surface area contributed by atoms with Crippen molar-refractivity contribution in [2.45, 2.75) is 52.5 Å². The van der Waals surface area contributed by atoms with E-state index in [0.717, 1.165) is 25.7 Å². The molecule has 1 aliphatic carbocycles. The fraction of sp³-hybridized carbons (Fsp3) is 0.526. The lowest BCUT2D eigenvalue weighted by atomic mass is 9.86. The van der Waals surface area contributed by atoms with Gasteiger partial charge in [0.2, 0.25) is 11.8 Å². The third-order valence-corrected chi connectivity index (χ3v) is 4.67. The van der Waals surface area contributed by atoms with Crippen molar-refractivity contribution in [3.05, 3.63) is 23.8 Å². The van der Waals surface area contributed by atoms with Crippen molar-refractivity contribution in [2.24, 2.45) is 5.92 Å². The van der Waals surface area contributed by atoms with E-state index in [4.69, 9.17) is 0 Å². The second kappa shape index (κ2) is 8.14. The first-order chi connectivity index (χ1) is 11.8. The van der Waals surface area contributed by atoms with E-state index in [0.29, 0.717) is 22.9 Å². The number of carbonyl (C=O) groups excluding carboxylic acids is 3. The molecule has 0 atom stereocenters. The fourth-order valence-corrected chi connectivity index (χ4v) is 3.30. The molecule has 25 heavy (non-hydrogen) atoms. The molecule has 0 heterocycles. The van der Waals surface area contributed by atoms with Gasteiger partial charge in [0.05, 0.1) is 0 Å². The first-order valence-electron chi connectivity index (χ1n) is 8.73. The molecule has 6 nitrogen and oxygen atoms in total. The molecule has 0 aromatic heterocycles. The molecule has 1 aromatic rings. The molecule has 0 spiro atoms. The summed E-state index contributed by atoms with van der Waals surface area (Å²) in [5, 5.41) is 5.35. The summed E-state index contributed by atoms with van der Waals surface area (Å²) in [6.07, 6.45) is 4.28. The summed E-state index contributed by atoms with van der Waals surface area (Å²) < 4.78 is 0. The van der Waals surface area contributed by atoms with Gasteiger partial charge in [-0.15, -0.1) is 0 Å². The predicted molar refractivity (Wildman–Crippen MR) is 98.6 cm³/mol. The number of nitrogens with one attached hydrogen (secondary N) is 2. The van der Waals surface area contributed by atoms with Crippen molar-refractivity contribution in [1.29, 1.82) is 0 Å². The first-order valence-corrected chi connectivity index (χ1v) is 8.73. The molecule has 0 bridgehead atoms. The van der Waals surface area contributed by atoms with Crippen LogP contribution in [-0.2, 0) is 9.59 Å². The summed E-state index contributed by atoms with van der Waals surface area (Å²) in [5.41, 5.74) is 1.44. The zero-order valence-electron chi connectivity index (χ0n) is 15.4. The van der Waals surface area contributed by atoms with Gasteiger partial charge in [0, 0.05) is 43.9 Å². The molecule has 0 radical (unpaired) electrons. The number of anilines is 2. The van der Waals surface area contributed by atoms with Gasteiger partial charge in [-0.3, -0.25) is 14.4 Å². The highest BCUT2D eigenvalue weighted by molar-refractivity contribution is 6.00. The van der Waals surface area contributed by atoms with Crippen LogP contribution in [0.1, 0.15) is 56.8 Å². The summed E-state index contributed by atoms with van der Waals surface area (Å²) in [5.74, 6) is 0.161. The average Bonchev–Trinajstić information content (AvgIpc) is 2.52. The van der Waals surface area contributed by atoms with Crippen molar-refractivity contribution in [3.8, 4) is 0 Å². The van der Waals surface area contributed by atoms with Crippen molar-refractivity contribution < 1.29 is 14.4 Å². The summed E-state index contributed by atoms with van der Waals surface area (Å²) in [7, 11) is 1.83. The Morgan fingerprint density at radius 2 is 1.40 bits per heavy atom. The second-order valence-corrected chi connectivity index (χ2v) is 6.99. The van der Waals surface area contributed by atoms with Crippen LogP contribution in [0.15, 0.2) is 18.2 Å². The van der Waals surface area contributed by atoms with Gasteiger partial charge in [0.25, 0.3) is 5.91 Å². The third-order valence-electron chi connectivity index (χ3n) is 4.67. The lowest BCUT2D eigenvalue weighted by molar-refractivity contribution is -0.115. The SMILES string of the molecule is CC(=O)Nc1cc(NC(C)=O)cc(C(=O)N(C)C2CCC(C)CC2)c1. The van der Waals surface area contributed by atoms with E-state index in [1.54, 1.807) is 23.1 Å². The highest BCUT2D eigenvalue weighted by Gasteiger charge is 2.26. The monoisotopic (exact) mass is 345 g/mol. The van der Waals surface area contributed by atoms with Crippen LogP contribution in [0.3, 0.4) is 0 Å². The normalized spacial score (nSPS) is 19.8. The van der Waals surface area contributed by atoms with Gasteiger partial charge in [-0.1, -0.05) is 6.92 Å². The Kier molecular flexibility index (Phi) is 6.17. The largest absolute Gasteiger partial charge is 0.339 e. The molecule has 2 N–H and O–H groups in total. The molecule has 1 aromatic carbocycles. The fourth-order valence-electron chi connectivity index (χ4n) is 3.30. The molecule has 3 amide bonds. The Bertz CT molecular complexity index is 630. The number of carbonyl (C=O) groups is 3. The van der Waals surface area contributed by atoms with Crippen LogP contribution in [-0.4, -0.2) is 35.7 Å². The van der Waals surface area contributed by atoms with Gasteiger partial charge in [-0.25, -0.2) is 0 Å². The molecule has 0 saturated heterocycles. The summed E-state index contributed by atoms with van der Waals surface area (Å²) in [6.45, 7) is 5.05. The van der Waals surface area contributed by atoms with Gasteiger partial charge in [-0.05, 0) is 49.8 Å². The Morgan fingerprint density at radius 1 is 0.920 bits per heavy atom. The minimum atomic E-state index is -0.229. The Balaban J connectivity index is 2.24. The van der Waals surface area contributed by atoms with E-state index in [1.165, 1.54) is 13.8 Å². The van der Waals surface area contributed by atoms with Crippen LogP contribution in [0.25, 0.3) is 0 Å². The van der Waals surface area contributed by atoms with Gasteiger partial charge < -0.3 is 15.5 Å². The molecule has 1 fully saturated rings. The molecule has 1 aliphatic rings. The Morgan fingerprint density at radius 3 is 1.84 bits per heavy atom. The minimum Gasteiger partial charge on any atom is -0.339 e. The first kappa shape index (κ1) is 19.0. The molecular formula is C19H27N3O3. The molecule has 2 rings (SSSR count). The quantitative estimate of drug-likeness (QED) is 0.879. The molecule has 6 heteroatoms. The summed E-state index contributed by atoms with van der Waals surface area (Å²) in [4.78, 5) is 37.4. The predicted octanol–water partition coefficient (Wildman–Crippen LogP) is 3.25. The van der Waals surface area contributed by atoms with Crippen LogP contribution < -0.4 is 10.6 Å². The minimum absolute atomic E-state index is 0.0987. The van der Waals surface area contributed by atoms with E-state index in [-0.39, 0.29) is 23.8 Å². The van der Waals surface area contributed by atoms with E-state index < -0.39 is 0 Å². The van der Waals surface area contributed by atoms with Gasteiger partial charge in [0.1, 0.15) is 0 Å². The smallest absolute Gasteiger partial charge is 0.253 e. The number of nitrogens with zero attached hydrogens (tertiary/aromatic N) is 1. The molecule has 136 valence electrons. The zero-order valence-corrected chi connectivity index (χ0v) is 15.4. The van der Waals surface area contributed by atoms with Crippen LogP contribution in [0.2, 0.25) is 0 Å². The molecular weight excluding hydrogens is 318 g/mol. The average molecular weight is 345 g/mol. The van der Waals surface area contributed by atoms with Gasteiger partial charge >= 0.3 is 0 Å². The van der Waals surface area contributed by atoms with Crippen LogP contribution in [0.4, 0.5) is 11.4 Å². The lowest BCUT2D eigenvalue weighted by Gasteiger charge is -2.33. The highest BCUT2D eigenvalue weighted by atomic mass is 16.2. The van der Waals surface area contributed by atoms with Crippen LogP contribution >= 0.6 is 0 Å². The van der Waals surface area contributed by atoms with Crippen LogP contribution in [0.5, 0.6) is 0 Å². The Labute approximate surface area is 149 Å². The molecule has 1 saturated carbocycles. The van der Waals surface area contributed by atoms with Crippen molar-refractivity contribution >= 4 is 29.1 Å². The standard InChI is InChI=1S/C19H27N3O3/c1-12-5-7-18(8-6-12)22(4)19(25)15-9-16(20-13(2)23)11-17(10-15)21-14(3)24/h9-12,18H,5-8H2,1-4H3,(H,20,23)(H,21,24). The van der Waals surface area contributed by atoms with Gasteiger partial charge in [-0.2, -0.15) is 0 Å². The number of benzene rings is 1. The maximum Gasteiger partial charge on any atom is 0.253 e. The third kappa shape index (κ3) is 5.31. The Hall–Kier alpha value is -2.37. The topological polar surface area (TPSA) is 78.5 Å². The number of hydrogen-bond donors (Lipinski definition) is 2. The molecule has 0 aliphatic heterocycles. The maximum atomic E-state index is 12.9. The van der Waals surface area contributed by atoms with E-state index in [1.807, 2.05) is 7.05 Å². The number of amides is 3. The van der Waals surface area contributed by atoms with E-state index in [9.17, 15) is 14.4 Å². The van der Waals surface area contributed by atoms with Crippen molar-refractivity contribution in [3.63, 3.8) is 0 Å². The number of rotatable bonds is 4. The van der Waals surface area contributed by atoms with Crippen molar-refractivity contribution in [1.82, 2.24) is 4.90 Å². The lowest BCUT2D eigenvalue weighted by Crippen LogP contribution is -2.39. The van der Waals surface area contributed by atoms with E-state index >= 15 is 0 Å². The van der Waals surface area contributed by atoms with E-state index in [2.05, 4.69) is 17.6 Å².